The van der Waals surface area contributed by atoms with Crippen LogP contribution in [0.5, 0.6) is 5.75 Å². The molecule has 0 aliphatic carbocycles. The Bertz CT molecular complexity index is 472. The molecule has 110 valence electrons. The van der Waals surface area contributed by atoms with Gasteiger partial charge < -0.3 is 15.2 Å². The molecule has 2 aliphatic rings. The van der Waals surface area contributed by atoms with Crippen molar-refractivity contribution in [2.75, 3.05) is 19.7 Å². The quantitative estimate of drug-likeness (QED) is 0.881. The van der Waals surface area contributed by atoms with Crippen LogP contribution in [0.25, 0.3) is 0 Å². The van der Waals surface area contributed by atoms with Gasteiger partial charge in [-0.25, -0.2) is 0 Å². The zero-order valence-electron chi connectivity index (χ0n) is 11.7. The van der Waals surface area contributed by atoms with Gasteiger partial charge in [0.25, 0.3) is 0 Å². The van der Waals surface area contributed by atoms with Crippen LogP contribution in [0.15, 0.2) is 12.1 Å². The second-order valence-electron chi connectivity index (χ2n) is 5.84. The maximum atomic E-state index is 10.7. The van der Waals surface area contributed by atoms with Crippen LogP contribution in [0.3, 0.4) is 0 Å². The number of rotatable bonds is 2. The highest BCUT2D eigenvalue weighted by Crippen LogP contribution is 2.39. The molecule has 1 aromatic rings. The zero-order chi connectivity index (χ0) is 13.9. The standard InChI is InChI=1S/C16H22ClNO2/c17-13-8-11-4-1-2-7-20-16(11)14(9-13)15(19)12-5-3-6-18-10-12/h8-9,12,15,18-19H,1-7,10H2. The van der Waals surface area contributed by atoms with Crippen LogP contribution >= 0.6 is 11.6 Å². The first kappa shape index (κ1) is 14.2. The maximum Gasteiger partial charge on any atom is 0.128 e. The molecule has 0 radical (unpaired) electrons. The van der Waals surface area contributed by atoms with E-state index in [0.717, 1.165) is 68.7 Å². The molecule has 2 heterocycles. The second-order valence-corrected chi connectivity index (χ2v) is 6.28. The Balaban J connectivity index is 1.92. The Morgan fingerprint density at radius 1 is 1.30 bits per heavy atom. The minimum atomic E-state index is -0.492. The molecular formula is C16H22ClNO2. The van der Waals surface area contributed by atoms with Crippen molar-refractivity contribution in [3.63, 3.8) is 0 Å². The Labute approximate surface area is 125 Å². The number of aliphatic hydroxyl groups excluding tert-OH is 1. The van der Waals surface area contributed by atoms with Crippen molar-refractivity contribution in [1.29, 1.82) is 0 Å². The van der Waals surface area contributed by atoms with E-state index in [9.17, 15) is 5.11 Å². The number of hydrogen-bond acceptors (Lipinski definition) is 3. The average Bonchev–Trinajstić information content (AvgIpc) is 2.71. The Kier molecular flexibility index (Phi) is 4.49. The molecule has 3 nitrogen and oxygen atoms in total. The van der Waals surface area contributed by atoms with Gasteiger partial charge in [0.2, 0.25) is 0 Å². The van der Waals surface area contributed by atoms with Crippen molar-refractivity contribution >= 4 is 11.6 Å². The summed E-state index contributed by atoms with van der Waals surface area (Å²) in [6.07, 6.45) is 4.84. The minimum absolute atomic E-state index is 0.248. The summed E-state index contributed by atoms with van der Waals surface area (Å²) in [7, 11) is 0. The first-order valence-corrected chi connectivity index (χ1v) is 7.97. The van der Waals surface area contributed by atoms with Gasteiger partial charge in [0.05, 0.1) is 12.7 Å². The molecular weight excluding hydrogens is 274 g/mol. The molecule has 1 fully saturated rings. The van der Waals surface area contributed by atoms with Crippen LogP contribution < -0.4 is 10.1 Å². The summed E-state index contributed by atoms with van der Waals surface area (Å²) in [6, 6.07) is 3.86. The number of piperidine rings is 1. The van der Waals surface area contributed by atoms with Crippen LogP contribution in [0.4, 0.5) is 0 Å². The van der Waals surface area contributed by atoms with E-state index in [1.165, 1.54) is 0 Å². The summed E-state index contributed by atoms with van der Waals surface area (Å²) in [5.74, 6) is 1.13. The Hall–Kier alpha value is -0.770. The summed E-state index contributed by atoms with van der Waals surface area (Å²) in [5, 5.41) is 14.8. The summed E-state index contributed by atoms with van der Waals surface area (Å²) < 4.78 is 5.91. The summed E-state index contributed by atoms with van der Waals surface area (Å²) in [4.78, 5) is 0. The molecule has 1 saturated heterocycles. The molecule has 3 rings (SSSR count). The molecule has 0 amide bonds. The predicted octanol–water partition coefficient (Wildman–Crippen LogP) is 3.09. The lowest BCUT2D eigenvalue weighted by Crippen LogP contribution is -2.33. The zero-order valence-corrected chi connectivity index (χ0v) is 12.5. The van der Waals surface area contributed by atoms with E-state index in [2.05, 4.69) is 5.32 Å². The van der Waals surface area contributed by atoms with Crippen LogP contribution in [0.2, 0.25) is 5.02 Å². The lowest BCUT2D eigenvalue weighted by molar-refractivity contribution is 0.0888. The fraction of sp³-hybridized carbons (Fsp3) is 0.625. The minimum Gasteiger partial charge on any atom is -0.493 e. The molecule has 0 aromatic heterocycles. The van der Waals surface area contributed by atoms with Gasteiger partial charge in [-0.05, 0) is 56.3 Å². The van der Waals surface area contributed by atoms with E-state index in [4.69, 9.17) is 16.3 Å². The first-order valence-electron chi connectivity index (χ1n) is 7.59. The van der Waals surface area contributed by atoms with Crippen LogP contribution in [0, 0.1) is 5.92 Å². The monoisotopic (exact) mass is 295 g/mol. The van der Waals surface area contributed by atoms with Crippen molar-refractivity contribution in [2.24, 2.45) is 5.92 Å². The highest BCUT2D eigenvalue weighted by Gasteiger charge is 2.27. The molecule has 20 heavy (non-hydrogen) atoms. The normalized spacial score (nSPS) is 24.4. The molecule has 0 bridgehead atoms. The van der Waals surface area contributed by atoms with Crippen LogP contribution in [-0.2, 0) is 6.42 Å². The Morgan fingerprint density at radius 2 is 2.20 bits per heavy atom. The number of hydrogen-bond donors (Lipinski definition) is 2. The van der Waals surface area contributed by atoms with Gasteiger partial charge in [0.1, 0.15) is 5.75 Å². The third-order valence-electron chi connectivity index (χ3n) is 4.35. The molecule has 2 aliphatic heterocycles. The molecule has 0 spiro atoms. The van der Waals surface area contributed by atoms with Gasteiger partial charge in [-0.3, -0.25) is 0 Å². The maximum absolute atomic E-state index is 10.7. The Morgan fingerprint density at radius 3 is 3.00 bits per heavy atom. The molecule has 1 aromatic carbocycles. The predicted molar refractivity (Wildman–Crippen MR) is 80.4 cm³/mol. The van der Waals surface area contributed by atoms with Crippen LogP contribution in [0.1, 0.15) is 42.9 Å². The van der Waals surface area contributed by atoms with Gasteiger partial charge in [-0.2, -0.15) is 0 Å². The van der Waals surface area contributed by atoms with E-state index >= 15 is 0 Å². The summed E-state index contributed by atoms with van der Waals surface area (Å²) in [5.41, 5.74) is 2.02. The van der Waals surface area contributed by atoms with Gasteiger partial charge >= 0.3 is 0 Å². The average molecular weight is 296 g/mol. The van der Waals surface area contributed by atoms with E-state index in [-0.39, 0.29) is 5.92 Å². The number of benzene rings is 1. The van der Waals surface area contributed by atoms with E-state index < -0.39 is 6.10 Å². The number of fused-ring (bicyclic) bond motifs is 1. The number of ether oxygens (including phenoxy) is 1. The molecule has 2 atom stereocenters. The van der Waals surface area contributed by atoms with Crippen molar-refractivity contribution in [1.82, 2.24) is 5.32 Å². The fourth-order valence-electron chi connectivity index (χ4n) is 3.25. The lowest BCUT2D eigenvalue weighted by Gasteiger charge is -2.29. The van der Waals surface area contributed by atoms with Gasteiger partial charge in [0, 0.05) is 23.0 Å². The smallest absolute Gasteiger partial charge is 0.128 e. The first-order chi connectivity index (χ1) is 9.75. The summed E-state index contributed by atoms with van der Waals surface area (Å²) >= 11 is 6.24. The molecule has 2 N–H and O–H groups in total. The van der Waals surface area contributed by atoms with E-state index in [1.807, 2.05) is 12.1 Å². The third kappa shape index (κ3) is 2.95. The number of aryl methyl sites for hydroxylation is 1. The lowest BCUT2D eigenvalue weighted by atomic mass is 9.88. The number of aliphatic hydroxyl groups is 1. The number of halogens is 1. The van der Waals surface area contributed by atoms with E-state index in [1.54, 1.807) is 0 Å². The highest BCUT2D eigenvalue weighted by molar-refractivity contribution is 6.30. The van der Waals surface area contributed by atoms with Gasteiger partial charge in [-0.15, -0.1) is 0 Å². The van der Waals surface area contributed by atoms with Crippen molar-refractivity contribution in [3.05, 3.63) is 28.3 Å². The number of nitrogens with one attached hydrogen (secondary N) is 1. The third-order valence-corrected chi connectivity index (χ3v) is 4.56. The topological polar surface area (TPSA) is 41.5 Å². The molecule has 0 saturated carbocycles. The van der Waals surface area contributed by atoms with Gasteiger partial charge in [-0.1, -0.05) is 11.6 Å². The highest BCUT2D eigenvalue weighted by atomic mass is 35.5. The largest absolute Gasteiger partial charge is 0.493 e. The van der Waals surface area contributed by atoms with E-state index in [0.29, 0.717) is 5.02 Å². The van der Waals surface area contributed by atoms with Crippen molar-refractivity contribution in [3.8, 4) is 5.75 Å². The SMILES string of the molecule is OC(c1cc(Cl)cc2c1OCCCC2)C1CCCNC1. The summed E-state index contributed by atoms with van der Waals surface area (Å²) in [6.45, 7) is 2.65. The molecule has 2 unspecified atom stereocenters. The fourth-order valence-corrected chi connectivity index (χ4v) is 3.50. The van der Waals surface area contributed by atoms with Gasteiger partial charge in [0.15, 0.2) is 0 Å². The van der Waals surface area contributed by atoms with Crippen LogP contribution in [-0.4, -0.2) is 24.8 Å². The second kappa shape index (κ2) is 6.33. The van der Waals surface area contributed by atoms with Crippen molar-refractivity contribution in [2.45, 2.75) is 38.2 Å². The molecule has 4 heteroatoms. The van der Waals surface area contributed by atoms with Crippen molar-refractivity contribution < 1.29 is 9.84 Å².